The second-order valence-corrected chi connectivity index (χ2v) is 6.76. The molecular weight excluding hydrogens is 284 g/mol. The Morgan fingerprint density at radius 2 is 1.74 bits per heavy atom. The number of halogens is 1. The number of aryl methyl sites for hydroxylation is 1. The monoisotopic (exact) mass is 302 g/mol. The van der Waals surface area contributed by atoms with E-state index in [1.807, 2.05) is 12.1 Å². The SMILES string of the molecule is O=S(=O)(NN1CCCCC1)c1ccc(CCCl)cc1. The highest BCUT2D eigenvalue weighted by Gasteiger charge is 2.19. The Morgan fingerprint density at radius 1 is 1.11 bits per heavy atom. The zero-order valence-corrected chi connectivity index (χ0v) is 12.4. The highest BCUT2D eigenvalue weighted by Crippen LogP contribution is 2.13. The number of piperidine rings is 1. The van der Waals surface area contributed by atoms with E-state index in [-0.39, 0.29) is 0 Å². The van der Waals surface area contributed by atoms with Crippen molar-refractivity contribution in [3.63, 3.8) is 0 Å². The van der Waals surface area contributed by atoms with Crippen molar-refractivity contribution in [3.8, 4) is 0 Å². The number of alkyl halides is 1. The first kappa shape index (κ1) is 14.8. The topological polar surface area (TPSA) is 49.4 Å². The summed E-state index contributed by atoms with van der Waals surface area (Å²) in [5.74, 6) is 0.540. The first-order valence-electron chi connectivity index (χ1n) is 6.54. The summed E-state index contributed by atoms with van der Waals surface area (Å²) in [6.07, 6.45) is 4.00. The third-order valence-electron chi connectivity index (χ3n) is 3.22. The maximum Gasteiger partial charge on any atom is 0.253 e. The summed E-state index contributed by atoms with van der Waals surface area (Å²) in [6, 6.07) is 6.89. The van der Waals surface area contributed by atoms with E-state index in [1.54, 1.807) is 17.1 Å². The van der Waals surface area contributed by atoms with Gasteiger partial charge in [0.05, 0.1) is 4.90 Å². The molecule has 1 heterocycles. The average Bonchev–Trinajstić information content (AvgIpc) is 2.40. The fourth-order valence-corrected chi connectivity index (χ4v) is 3.49. The maximum absolute atomic E-state index is 12.2. The number of hydrazine groups is 1. The molecular formula is C13H19ClN2O2S. The lowest BCUT2D eigenvalue weighted by atomic mass is 10.2. The van der Waals surface area contributed by atoms with E-state index >= 15 is 0 Å². The van der Waals surface area contributed by atoms with Crippen LogP contribution < -0.4 is 4.83 Å². The predicted octanol–water partition coefficient (Wildman–Crippen LogP) is 2.15. The normalized spacial score (nSPS) is 17.5. The molecule has 106 valence electrons. The van der Waals surface area contributed by atoms with Crippen LogP contribution in [0.1, 0.15) is 24.8 Å². The molecule has 1 aromatic carbocycles. The van der Waals surface area contributed by atoms with Crippen LogP contribution in [-0.4, -0.2) is 32.4 Å². The second-order valence-electron chi connectivity index (χ2n) is 4.73. The second kappa shape index (κ2) is 6.70. The molecule has 1 aromatic rings. The summed E-state index contributed by atoms with van der Waals surface area (Å²) in [7, 11) is -3.45. The Labute approximate surface area is 119 Å². The summed E-state index contributed by atoms with van der Waals surface area (Å²) in [4.78, 5) is 2.94. The Balaban J connectivity index is 2.05. The van der Waals surface area contributed by atoms with Crippen LogP contribution in [0.4, 0.5) is 0 Å². The number of sulfonamides is 1. The fraction of sp³-hybridized carbons (Fsp3) is 0.538. The molecule has 4 nitrogen and oxygen atoms in total. The molecule has 1 N–H and O–H groups in total. The van der Waals surface area contributed by atoms with Crippen LogP contribution in [0, 0.1) is 0 Å². The van der Waals surface area contributed by atoms with Crippen LogP contribution in [0.5, 0.6) is 0 Å². The van der Waals surface area contributed by atoms with Gasteiger partial charge in [-0.1, -0.05) is 18.6 Å². The standard InChI is InChI=1S/C13H19ClN2O2S/c14-9-8-12-4-6-13(7-5-12)19(17,18)15-16-10-2-1-3-11-16/h4-7,15H,1-3,8-11H2. The number of benzene rings is 1. The third kappa shape index (κ3) is 4.18. The van der Waals surface area contributed by atoms with Crippen LogP contribution in [0.3, 0.4) is 0 Å². The molecule has 19 heavy (non-hydrogen) atoms. The minimum absolute atomic E-state index is 0.302. The first-order chi connectivity index (χ1) is 9.12. The van der Waals surface area contributed by atoms with Gasteiger partial charge in [0.15, 0.2) is 0 Å². The highest BCUT2D eigenvalue weighted by molar-refractivity contribution is 7.89. The Hall–Kier alpha value is -0.620. The quantitative estimate of drug-likeness (QED) is 0.848. The van der Waals surface area contributed by atoms with E-state index in [0.717, 1.165) is 37.9 Å². The summed E-state index contributed by atoms with van der Waals surface area (Å²) >= 11 is 5.66. The van der Waals surface area contributed by atoms with Gasteiger partial charge in [-0.3, -0.25) is 0 Å². The van der Waals surface area contributed by atoms with Gasteiger partial charge in [-0.2, -0.15) is 0 Å². The lowest BCUT2D eigenvalue weighted by Gasteiger charge is -2.26. The largest absolute Gasteiger partial charge is 0.253 e. The van der Waals surface area contributed by atoms with E-state index in [0.29, 0.717) is 10.8 Å². The zero-order valence-electron chi connectivity index (χ0n) is 10.8. The van der Waals surface area contributed by atoms with Crippen molar-refractivity contribution < 1.29 is 8.42 Å². The molecule has 0 spiro atoms. The molecule has 2 rings (SSSR count). The first-order valence-corrected chi connectivity index (χ1v) is 8.56. The van der Waals surface area contributed by atoms with Crippen LogP contribution in [-0.2, 0) is 16.4 Å². The molecule has 0 atom stereocenters. The molecule has 1 aliphatic rings. The molecule has 1 saturated heterocycles. The minimum atomic E-state index is -3.45. The van der Waals surface area contributed by atoms with Gasteiger partial charge in [0.2, 0.25) is 0 Å². The third-order valence-corrected chi connectivity index (χ3v) is 4.80. The van der Waals surface area contributed by atoms with Gasteiger partial charge in [-0.25, -0.2) is 13.4 Å². The van der Waals surface area contributed by atoms with Gasteiger partial charge in [-0.15, -0.1) is 16.4 Å². The molecule has 0 aliphatic carbocycles. The lowest BCUT2D eigenvalue weighted by molar-refractivity contribution is 0.200. The Kier molecular flexibility index (Phi) is 5.21. The lowest BCUT2D eigenvalue weighted by Crippen LogP contribution is -2.44. The molecule has 1 fully saturated rings. The van der Waals surface area contributed by atoms with Gasteiger partial charge in [-0.05, 0) is 37.0 Å². The van der Waals surface area contributed by atoms with Crippen molar-refractivity contribution in [1.29, 1.82) is 0 Å². The summed E-state index contributed by atoms with van der Waals surface area (Å²) < 4.78 is 24.4. The summed E-state index contributed by atoms with van der Waals surface area (Å²) in [5, 5.41) is 1.78. The van der Waals surface area contributed by atoms with E-state index < -0.39 is 10.0 Å². The molecule has 0 bridgehead atoms. The molecule has 6 heteroatoms. The van der Waals surface area contributed by atoms with Gasteiger partial charge >= 0.3 is 0 Å². The van der Waals surface area contributed by atoms with Crippen LogP contribution in [0.15, 0.2) is 29.2 Å². The average molecular weight is 303 g/mol. The Bertz CT molecular complexity index is 496. The minimum Gasteiger partial charge on any atom is -0.230 e. The van der Waals surface area contributed by atoms with Crippen molar-refractivity contribution in [2.75, 3.05) is 19.0 Å². The number of hydrogen-bond donors (Lipinski definition) is 1. The van der Waals surface area contributed by atoms with Crippen LogP contribution >= 0.6 is 11.6 Å². The van der Waals surface area contributed by atoms with Gasteiger partial charge in [0, 0.05) is 19.0 Å². The van der Waals surface area contributed by atoms with Gasteiger partial charge in [0.1, 0.15) is 0 Å². The van der Waals surface area contributed by atoms with Crippen LogP contribution in [0.25, 0.3) is 0 Å². The summed E-state index contributed by atoms with van der Waals surface area (Å²) in [5.41, 5.74) is 1.05. The highest BCUT2D eigenvalue weighted by atomic mass is 35.5. The maximum atomic E-state index is 12.2. The van der Waals surface area contributed by atoms with Crippen molar-refractivity contribution in [3.05, 3.63) is 29.8 Å². The van der Waals surface area contributed by atoms with Gasteiger partial charge < -0.3 is 0 Å². The van der Waals surface area contributed by atoms with Crippen LogP contribution in [0.2, 0.25) is 0 Å². The smallest absolute Gasteiger partial charge is 0.230 e. The number of rotatable bonds is 5. The summed E-state index contributed by atoms with van der Waals surface area (Å²) in [6.45, 7) is 1.56. The van der Waals surface area contributed by atoms with E-state index in [4.69, 9.17) is 11.6 Å². The van der Waals surface area contributed by atoms with Crippen molar-refractivity contribution in [2.45, 2.75) is 30.6 Å². The van der Waals surface area contributed by atoms with E-state index in [2.05, 4.69) is 4.83 Å². The van der Waals surface area contributed by atoms with E-state index in [1.165, 1.54) is 6.42 Å². The molecule has 1 aliphatic heterocycles. The van der Waals surface area contributed by atoms with Crippen molar-refractivity contribution >= 4 is 21.6 Å². The molecule has 0 saturated carbocycles. The predicted molar refractivity (Wildman–Crippen MR) is 76.6 cm³/mol. The number of nitrogens with zero attached hydrogens (tertiary/aromatic N) is 1. The van der Waals surface area contributed by atoms with Crippen molar-refractivity contribution in [1.82, 2.24) is 9.84 Å². The zero-order chi connectivity index (χ0) is 13.7. The number of nitrogens with one attached hydrogen (secondary N) is 1. The molecule has 0 unspecified atom stereocenters. The molecule has 0 amide bonds. The number of hydrogen-bond acceptors (Lipinski definition) is 3. The van der Waals surface area contributed by atoms with Crippen molar-refractivity contribution in [2.24, 2.45) is 0 Å². The van der Waals surface area contributed by atoms with E-state index in [9.17, 15) is 8.42 Å². The molecule has 0 aromatic heterocycles. The molecule has 0 radical (unpaired) electrons. The fourth-order valence-electron chi connectivity index (χ4n) is 2.15. The Morgan fingerprint density at radius 3 is 2.32 bits per heavy atom. The van der Waals surface area contributed by atoms with Gasteiger partial charge in [0.25, 0.3) is 10.0 Å².